The summed E-state index contributed by atoms with van der Waals surface area (Å²) < 4.78 is 17.0. The van der Waals surface area contributed by atoms with Crippen molar-refractivity contribution >= 4 is 28.8 Å². The van der Waals surface area contributed by atoms with Crippen LogP contribution in [0.2, 0.25) is 0 Å². The minimum absolute atomic E-state index is 0.369. The zero-order chi connectivity index (χ0) is 27.2. The third kappa shape index (κ3) is 5.98. The van der Waals surface area contributed by atoms with Crippen LogP contribution in [0.4, 0.5) is 16.6 Å². The summed E-state index contributed by atoms with van der Waals surface area (Å²) in [5.74, 6) is 2.05. The Hall–Kier alpha value is -4.53. The van der Waals surface area contributed by atoms with Crippen molar-refractivity contribution < 1.29 is 19.0 Å². The van der Waals surface area contributed by atoms with Gasteiger partial charge in [0.05, 0.1) is 19.7 Å². The maximum atomic E-state index is 12.9. The van der Waals surface area contributed by atoms with E-state index in [4.69, 9.17) is 24.9 Å². The number of rotatable bonds is 8. The van der Waals surface area contributed by atoms with Crippen LogP contribution in [-0.4, -0.2) is 49.0 Å². The summed E-state index contributed by atoms with van der Waals surface area (Å²) in [4.78, 5) is 24.4. The van der Waals surface area contributed by atoms with Gasteiger partial charge in [0.1, 0.15) is 11.4 Å². The topological polar surface area (TPSA) is 112 Å². The number of piperidine rings is 1. The average molecular weight is 528 g/mol. The molecule has 39 heavy (non-hydrogen) atoms. The summed E-state index contributed by atoms with van der Waals surface area (Å²) in [6, 6.07) is 23.5. The quantitative estimate of drug-likeness (QED) is 0.338. The largest absolute Gasteiger partial charge is 0.493 e. The van der Waals surface area contributed by atoms with Crippen LogP contribution >= 0.6 is 0 Å². The molecule has 3 N–H and O–H groups in total. The van der Waals surface area contributed by atoms with Gasteiger partial charge in [0.2, 0.25) is 5.95 Å². The standard InChI is InChI=1S/C30H33N5O4/c1-37-25-17-23-24(18-26(25)38-2)33-28(34-27(23)31)35-15-13-30(14-16-35,19-21-9-5-3-6-10-21)39-29(36)32-20-22-11-7-4-8-12-22/h3-12,17-18H,13-16,19-20H2,1-2H3,(H,32,36)(H2,31,33,34). The third-order valence-corrected chi connectivity index (χ3v) is 7.13. The van der Waals surface area contributed by atoms with Crippen molar-refractivity contribution in [1.29, 1.82) is 0 Å². The van der Waals surface area contributed by atoms with Gasteiger partial charge >= 0.3 is 6.09 Å². The molecule has 3 aromatic carbocycles. The Bertz CT molecular complexity index is 1420. The number of alkyl carbamates (subject to hydrolysis) is 1. The summed E-state index contributed by atoms with van der Waals surface area (Å²) >= 11 is 0. The first-order valence-corrected chi connectivity index (χ1v) is 13.0. The van der Waals surface area contributed by atoms with E-state index in [2.05, 4.69) is 27.3 Å². The number of amides is 1. The molecule has 4 aromatic rings. The van der Waals surface area contributed by atoms with Crippen molar-refractivity contribution in [3.05, 3.63) is 83.9 Å². The molecule has 0 unspecified atom stereocenters. The second-order valence-electron chi connectivity index (χ2n) is 9.69. The van der Waals surface area contributed by atoms with Crippen LogP contribution in [0.1, 0.15) is 24.0 Å². The second kappa shape index (κ2) is 11.5. The molecule has 0 radical (unpaired) electrons. The fraction of sp³-hybridized carbons (Fsp3) is 0.300. The second-order valence-corrected chi connectivity index (χ2v) is 9.69. The first kappa shape index (κ1) is 26.1. The van der Waals surface area contributed by atoms with E-state index in [0.29, 0.717) is 73.1 Å². The molecule has 0 bridgehead atoms. The number of hydrogen-bond acceptors (Lipinski definition) is 8. The van der Waals surface area contributed by atoms with Crippen molar-refractivity contribution in [2.45, 2.75) is 31.4 Å². The van der Waals surface area contributed by atoms with Gasteiger partial charge in [0, 0.05) is 50.3 Å². The molecule has 202 valence electrons. The number of ether oxygens (including phenoxy) is 3. The highest BCUT2D eigenvalue weighted by molar-refractivity contribution is 5.91. The maximum Gasteiger partial charge on any atom is 0.407 e. The van der Waals surface area contributed by atoms with Gasteiger partial charge in [-0.05, 0) is 17.2 Å². The Kier molecular flexibility index (Phi) is 7.67. The van der Waals surface area contributed by atoms with Crippen molar-refractivity contribution in [3.8, 4) is 11.5 Å². The van der Waals surface area contributed by atoms with E-state index in [9.17, 15) is 4.79 Å². The van der Waals surface area contributed by atoms with E-state index in [1.165, 1.54) is 0 Å². The molecule has 1 saturated heterocycles. The van der Waals surface area contributed by atoms with Crippen molar-refractivity contribution in [3.63, 3.8) is 0 Å². The molecule has 0 saturated carbocycles. The number of nitrogens with two attached hydrogens (primary N) is 1. The molecular formula is C30H33N5O4. The van der Waals surface area contributed by atoms with E-state index in [1.807, 2.05) is 48.5 Å². The first-order valence-electron chi connectivity index (χ1n) is 13.0. The molecule has 2 heterocycles. The third-order valence-electron chi connectivity index (χ3n) is 7.13. The highest BCUT2D eigenvalue weighted by Crippen LogP contribution is 2.36. The number of carbonyl (C=O) groups excluding carboxylic acids is 1. The van der Waals surface area contributed by atoms with Gasteiger partial charge in [-0.25, -0.2) is 9.78 Å². The fourth-order valence-corrected chi connectivity index (χ4v) is 5.01. The minimum atomic E-state index is -0.655. The Morgan fingerprint density at radius 3 is 2.18 bits per heavy atom. The number of benzene rings is 3. The van der Waals surface area contributed by atoms with Crippen molar-refractivity contribution in [2.24, 2.45) is 0 Å². The summed E-state index contributed by atoms with van der Waals surface area (Å²) in [6.45, 7) is 1.62. The molecule has 0 atom stereocenters. The van der Waals surface area contributed by atoms with E-state index in [-0.39, 0.29) is 0 Å². The van der Waals surface area contributed by atoms with Crippen LogP contribution in [0.3, 0.4) is 0 Å². The lowest BCUT2D eigenvalue weighted by atomic mass is 9.85. The van der Waals surface area contributed by atoms with Crippen molar-refractivity contribution in [1.82, 2.24) is 15.3 Å². The lowest BCUT2D eigenvalue weighted by molar-refractivity contribution is -0.00745. The molecule has 1 aromatic heterocycles. The molecule has 0 aliphatic carbocycles. The summed E-state index contributed by atoms with van der Waals surface area (Å²) in [6.07, 6.45) is 1.44. The summed E-state index contributed by atoms with van der Waals surface area (Å²) in [7, 11) is 3.16. The Morgan fingerprint density at radius 1 is 0.923 bits per heavy atom. The summed E-state index contributed by atoms with van der Waals surface area (Å²) in [5, 5.41) is 3.61. The molecule has 1 aliphatic rings. The predicted octanol–water partition coefficient (Wildman–Crippen LogP) is 4.74. The van der Waals surface area contributed by atoms with Gasteiger partial charge in [-0.2, -0.15) is 4.98 Å². The minimum Gasteiger partial charge on any atom is -0.493 e. The molecule has 1 amide bonds. The van der Waals surface area contributed by atoms with Crippen LogP contribution < -0.4 is 25.4 Å². The maximum absolute atomic E-state index is 12.9. The Balaban J connectivity index is 1.34. The first-order chi connectivity index (χ1) is 19.0. The zero-order valence-electron chi connectivity index (χ0n) is 22.2. The highest BCUT2D eigenvalue weighted by Gasteiger charge is 2.39. The smallest absolute Gasteiger partial charge is 0.407 e. The molecule has 9 nitrogen and oxygen atoms in total. The number of anilines is 2. The van der Waals surface area contributed by atoms with Crippen LogP contribution in [0.5, 0.6) is 11.5 Å². The Labute approximate surface area is 227 Å². The zero-order valence-corrected chi connectivity index (χ0v) is 22.2. The molecule has 0 spiro atoms. The van der Waals surface area contributed by atoms with E-state index in [1.54, 1.807) is 26.4 Å². The monoisotopic (exact) mass is 527 g/mol. The molecule has 1 aliphatic heterocycles. The number of aromatic nitrogens is 2. The highest BCUT2D eigenvalue weighted by atomic mass is 16.6. The van der Waals surface area contributed by atoms with Crippen LogP contribution in [0.15, 0.2) is 72.8 Å². The Morgan fingerprint density at radius 2 is 1.54 bits per heavy atom. The number of fused-ring (bicyclic) bond motifs is 1. The lowest BCUT2D eigenvalue weighted by Gasteiger charge is -2.41. The molecular weight excluding hydrogens is 494 g/mol. The van der Waals surface area contributed by atoms with Crippen LogP contribution in [-0.2, 0) is 17.7 Å². The predicted molar refractivity (Wildman–Crippen MR) is 151 cm³/mol. The number of nitrogen functional groups attached to an aromatic ring is 1. The van der Waals surface area contributed by atoms with E-state index >= 15 is 0 Å². The lowest BCUT2D eigenvalue weighted by Crippen LogP contribution is -2.50. The number of hydrogen-bond donors (Lipinski definition) is 2. The average Bonchev–Trinajstić information content (AvgIpc) is 2.97. The normalized spacial score (nSPS) is 14.6. The number of nitrogens with zero attached hydrogens (tertiary/aromatic N) is 3. The van der Waals surface area contributed by atoms with Gasteiger partial charge in [-0.3, -0.25) is 0 Å². The number of nitrogens with one attached hydrogen (secondary N) is 1. The molecule has 1 fully saturated rings. The SMILES string of the molecule is COc1cc2nc(N3CCC(Cc4ccccc4)(OC(=O)NCc4ccccc4)CC3)nc(N)c2cc1OC. The number of methoxy groups -OCH3 is 2. The number of carbonyl (C=O) groups is 1. The van der Waals surface area contributed by atoms with Crippen molar-refractivity contribution in [2.75, 3.05) is 37.9 Å². The van der Waals surface area contributed by atoms with Gasteiger partial charge in [0.25, 0.3) is 0 Å². The van der Waals surface area contributed by atoms with Gasteiger partial charge in [-0.15, -0.1) is 0 Å². The van der Waals surface area contributed by atoms with Gasteiger partial charge in [0.15, 0.2) is 11.5 Å². The van der Waals surface area contributed by atoms with Crippen LogP contribution in [0, 0.1) is 0 Å². The molecule has 9 heteroatoms. The van der Waals surface area contributed by atoms with Crippen LogP contribution in [0.25, 0.3) is 10.9 Å². The van der Waals surface area contributed by atoms with Gasteiger partial charge < -0.3 is 30.2 Å². The van der Waals surface area contributed by atoms with E-state index < -0.39 is 11.7 Å². The van der Waals surface area contributed by atoms with Gasteiger partial charge in [-0.1, -0.05) is 60.7 Å². The summed E-state index contributed by atoms with van der Waals surface area (Å²) in [5.41, 5.74) is 8.48. The fourth-order valence-electron chi connectivity index (χ4n) is 5.01. The molecule has 5 rings (SSSR count). The van der Waals surface area contributed by atoms with E-state index in [0.717, 1.165) is 11.1 Å².